The van der Waals surface area contributed by atoms with Crippen molar-refractivity contribution in [1.82, 2.24) is 4.98 Å². The second kappa shape index (κ2) is 7.26. The molecule has 0 saturated carbocycles. The zero-order valence-corrected chi connectivity index (χ0v) is 11.3. The highest BCUT2D eigenvalue weighted by Crippen LogP contribution is 2.47. The van der Waals surface area contributed by atoms with Crippen LogP contribution in [0.1, 0.15) is 24.2 Å². The normalized spacial score (nSPS) is 11.2. The number of aromatic nitrogens is 1. The summed E-state index contributed by atoms with van der Waals surface area (Å²) in [7, 11) is -3.35. The number of carbonyl (C=O) groups is 1. The van der Waals surface area contributed by atoms with Gasteiger partial charge in [0.25, 0.3) is 0 Å². The topological polar surface area (TPSA) is 74.7 Å². The van der Waals surface area contributed by atoms with E-state index in [0.29, 0.717) is 5.56 Å². The smallest absolute Gasteiger partial charge is 0.367 e. The van der Waals surface area contributed by atoms with Crippen molar-refractivity contribution >= 4 is 13.6 Å². The van der Waals surface area contributed by atoms with E-state index < -0.39 is 19.9 Å². The quantitative estimate of drug-likeness (QED) is 0.561. The van der Waals surface area contributed by atoms with E-state index in [1.54, 1.807) is 13.8 Å². The van der Waals surface area contributed by atoms with Crippen LogP contribution >= 0.6 is 7.60 Å². The molecule has 0 aromatic carbocycles. The molecule has 0 saturated heterocycles. The maximum absolute atomic E-state index is 12.0. The third-order valence-electron chi connectivity index (χ3n) is 1.92. The van der Waals surface area contributed by atoms with E-state index >= 15 is 0 Å². The second-order valence-corrected chi connectivity index (χ2v) is 5.24. The molecule has 0 bridgehead atoms. The zero-order valence-electron chi connectivity index (χ0n) is 10.4. The summed E-state index contributed by atoms with van der Waals surface area (Å²) in [5.74, 6) is -0.586. The lowest BCUT2D eigenvalue weighted by Crippen LogP contribution is -2.09. The van der Waals surface area contributed by atoms with Crippen LogP contribution in [0.25, 0.3) is 0 Å². The molecule has 6 nitrogen and oxygen atoms in total. The molecule has 0 aliphatic rings. The zero-order chi connectivity index (χ0) is 13.4. The molecule has 0 amide bonds. The van der Waals surface area contributed by atoms with Crippen molar-refractivity contribution in [2.75, 3.05) is 19.6 Å². The van der Waals surface area contributed by atoms with Gasteiger partial charge in [0.2, 0.25) is 0 Å². The second-order valence-electron chi connectivity index (χ2n) is 3.24. The summed E-state index contributed by atoms with van der Waals surface area (Å²) >= 11 is 0. The fourth-order valence-electron chi connectivity index (χ4n) is 1.21. The van der Waals surface area contributed by atoms with Gasteiger partial charge in [-0.3, -0.25) is 9.55 Å². The average molecular weight is 273 g/mol. The molecule has 1 aromatic heterocycles. The van der Waals surface area contributed by atoms with Crippen molar-refractivity contribution in [2.45, 2.75) is 13.8 Å². The minimum absolute atomic E-state index is 0.226. The van der Waals surface area contributed by atoms with Crippen LogP contribution < -0.4 is 0 Å². The molecule has 0 radical (unpaired) electrons. The molecule has 100 valence electrons. The highest BCUT2D eigenvalue weighted by Gasteiger charge is 2.26. The van der Waals surface area contributed by atoms with E-state index in [2.05, 4.69) is 4.98 Å². The number of ether oxygens (including phenoxy) is 1. The number of pyridine rings is 1. The maximum Gasteiger partial charge on any atom is 0.367 e. The molecule has 0 aliphatic carbocycles. The number of carbonyl (C=O) groups excluding carboxylic acids is 1. The van der Waals surface area contributed by atoms with Gasteiger partial charge < -0.3 is 13.8 Å². The SMILES string of the molecule is CCOP(=O)(COC(=O)c1ccncc1)OCC. The molecular formula is C11H16NO5P. The fraction of sp³-hybridized carbons (Fsp3) is 0.455. The predicted molar refractivity (Wildman–Crippen MR) is 65.4 cm³/mol. The maximum atomic E-state index is 12.0. The Hall–Kier alpha value is -1.23. The van der Waals surface area contributed by atoms with Gasteiger partial charge in [0, 0.05) is 12.4 Å². The van der Waals surface area contributed by atoms with E-state index in [1.165, 1.54) is 24.5 Å². The number of hydrogen-bond acceptors (Lipinski definition) is 6. The summed E-state index contributed by atoms with van der Waals surface area (Å²) in [6.07, 6.45) is 2.55. The van der Waals surface area contributed by atoms with Gasteiger partial charge in [-0.05, 0) is 26.0 Å². The van der Waals surface area contributed by atoms with Gasteiger partial charge in [-0.15, -0.1) is 0 Å². The summed E-state index contributed by atoms with van der Waals surface area (Å²) in [4.78, 5) is 15.4. The lowest BCUT2D eigenvalue weighted by molar-refractivity contribution is 0.0532. The molecule has 0 N–H and O–H groups in total. The molecule has 1 aromatic rings. The first-order valence-corrected chi connectivity index (χ1v) is 7.29. The highest BCUT2D eigenvalue weighted by atomic mass is 31.2. The van der Waals surface area contributed by atoms with Crippen LogP contribution in [0.3, 0.4) is 0 Å². The Morgan fingerprint density at radius 1 is 1.22 bits per heavy atom. The molecule has 18 heavy (non-hydrogen) atoms. The predicted octanol–water partition coefficient (Wildman–Crippen LogP) is 2.46. The Kier molecular flexibility index (Phi) is 5.98. The highest BCUT2D eigenvalue weighted by molar-refractivity contribution is 7.53. The lowest BCUT2D eigenvalue weighted by Gasteiger charge is -2.16. The average Bonchev–Trinajstić information content (AvgIpc) is 2.38. The van der Waals surface area contributed by atoms with Crippen molar-refractivity contribution in [1.29, 1.82) is 0 Å². The molecule has 1 rings (SSSR count). The Balaban J connectivity index is 2.58. The minimum atomic E-state index is -3.35. The van der Waals surface area contributed by atoms with E-state index in [4.69, 9.17) is 13.8 Å². The third-order valence-corrected chi connectivity index (χ3v) is 3.67. The van der Waals surface area contributed by atoms with Crippen molar-refractivity contribution in [2.24, 2.45) is 0 Å². The number of rotatable bonds is 7. The fourth-order valence-corrected chi connectivity index (χ4v) is 2.50. The van der Waals surface area contributed by atoms with Crippen molar-refractivity contribution in [3.05, 3.63) is 30.1 Å². The molecular weight excluding hydrogens is 257 g/mol. The molecule has 0 fully saturated rings. The molecule has 7 heteroatoms. The first kappa shape index (κ1) is 14.8. The summed E-state index contributed by atoms with van der Waals surface area (Å²) < 4.78 is 26.9. The van der Waals surface area contributed by atoms with Crippen LogP contribution in [0, 0.1) is 0 Å². The Morgan fingerprint density at radius 3 is 2.28 bits per heavy atom. The summed E-state index contributed by atoms with van der Waals surface area (Å²) in [5.41, 5.74) is 0.338. The Bertz CT molecular complexity index is 413. The lowest BCUT2D eigenvalue weighted by atomic mass is 10.3. The Labute approximate surface area is 106 Å². The molecule has 0 atom stereocenters. The van der Waals surface area contributed by atoms with Crippen LogP contribution in [0.5, 0.6) is 0 Å². The van der Waals surface area contributed by atoms with Gasteiger partial charge in [0.15, 0.2) is 6.35 Å². The summed E-state index contributed by atoms with van der Waals surface area (Å²) in [5, 5.41) is 0. The van der Waals surface area contributed by atoms with Crippen molar-refractivity contribution in [3.8, 4) is 0 Å². The van der Waals surface area contributed by atoms with Crippen LogP contribution in [-0.4, -0.2) is 30.5 Å². The largest absolute Gasteiger partial charge is 0.449 e. The third kappa shape index (κ3) is 4.56. The number of hydrogen-bond donors (Lipinski definition) is 0. The van der Waals surface area contributed by atoms with Crippen LogP contribution in [-0.2, 0) is 18.3 Å². The van der Waals surface area contributed by atoms with Crippen LogP contribution in [0.4, 0.5) is 0 Å². The molecule has 1 heterocycles. The van der Waals surface area contributed by atoms with Gasteiger partial charge in [-0.25, -0.2) is 4.79 Å². The number of nitrogens with zero attached hydrogens (tertiary/aromatic N) is 1. The minimum Gasteiger partial charge on any atom is -0.449 e. The summed E-state index contributed by atoms with van der Waals surface area (Å²) in [6.45, 7) is 3.83. The number of esters is 1. The van der Waals surface area contributed by atoms with E-state index in [9.17, 15) is 9.36 Å². The first-order chi connectivity index (χ1) is 8.61. The molecule has 0 unspecified atom stereocenters. The first-order valence-electron chi connectivity index (χ1n) is 5.56. The van der Waals surface area contributed by atoms with Crippen LogP contribution in [0.2, 0.25) is 0 Å². The standard InChI is InChI=1S/C11H16NO5P/c1-3-16-18(14,17-4-2)9-15-11(13)10-5-7-12-8-6-10/h5-8H,3-4,9H2,1-2H3. The van der Waals surface area contributed by atoms with E-state index in [1.807, 2.05) is 0 Å². The van der Waals surface area contributed by atoms with Gasteiger partial charge in [0.1, 0.15) is 0 Å². The monoisotopic (exact) mass is 273 g/mol. The van der Waals surface area contributed by atoms with E-state index in [0.717, 1.165) is 0 Å². The van der Waals surface area contributed by atoms with Gasteiger partial charge in [-0.1, -0.05) is 0 Å². The van der Waals surface area contributed by atoms with Crippen LogP contribution in [0.15, 0.2) is 24.5 Å². The van der Waals surface area contributed by atoms with Gasteiger partial charge >= 0.3 is 13.6 Å². The van der Waals surface area contributed by atoms with Crippen molar-refractivity contribution in [3.63, 3.8) is 0 Å². The Morgan fingerprint density at radius 2 is 1.78 bits per heavy atom. The van der Waals surface area contributed by atoms with E-state index in [-0.39, 0.29) is 13.2 Å². The van der Waals surface area contributed by atoms with Gasteiger partial charge in [-0.2, -0.15) is 0 Å². The summed E-state index contributed by atoms with van der Waals surface area (Å²) in [6, 6.07) is 3.02. The van der Waals surface area contributed by atoms with Crippen molar-refractivity contribution < 1.29 is 23.1 Å². The van der Waals surface area contributed by atoms with Gasteiger partial charge in [0.05, 0.1) is 18.8 Å². The molecule has 0 spiro atoms. The molecule has 0 aliphatic heterocycles.